The van der Waals surface area contributed by atoms with E-state index in [1.165, 1.54) is 0 Å². The number of fused-ring (bicyclic) bond motifs is 1. The Morgan fingerprint density at radius 2 is 1.76 bits per heavy atom. The molecular formula is C20H21N3O2. The van der Waals surface area contributed by atoms with Crippen LogP contribution in [0.2, 0.25) is 0 Å². The van der Waals surface area contributed by atoms with Crippen molar-refractivity contribution in [3.8, 4) is 0 Å². The van der Waals surface area contributed by atoms with Crippen LogP contribution in [0, 0.1) is 0 Å². The minimum atomic E-state index is -0.275. The molecule has 1 amide bonds. The highest BCUT2D eigenvalue weighted by molar-refractivity contribution is 5.96. The molecule has 0 aliphatic rings. The first-order chi connectivity index (χ1) is 12.1. The number of aromatic nitrogens is 2. The molecule has 128 valence electrons. The van der Waals surface area contributed by atoms with Crippen LogP contribution in [0.15, 0.2) is 54.6 Å². The summed E-state index contributed by atoms with van der Waals surface area (Å²) in [6.07, 6.45) is 0.410. The van der Waals surface area contributed by atoms with Gasteiger partial charge in [0, 0.05) is 12.0 Å². The van der Waals surface area contributed by atoms with E-state index in [9.17, 15) is 9.59 Å². The first kappa shape index (κ1) is 16.9. The number of para-hydroxylation sites is 2. The van der Waals surface area contributed by atoms with Crippen LogP contribution in [0.3, 0.4) is 0 Å². The van der Waals surface area contributed by atoms with Crippen LogP contribution >= 0.6 is 0 Å². The lowest BCUT2D eigenvalue weighted by Crippen LogP contribution is -2.28. The van der Waals surface area contributed by atoms with Crippen LogP contribution in [0.1, 0.15) is 42.5 Å². The lowest BCUT2D eigenvalue weighted by Gasteiger charge is -2.15. The van der Waals surface area contributed by atoms with Gasteiger partial charge >= 0.3 is 0 Å². The lowest BCUT2D eigenvalue weighted by atomic mass is 10.1. The second-order valence-electron chi connectivity index (χ2n) is 5.98. The predicted molar refractivity (Wildman–Crippen MR) is 97.4 cm³/mol. The van der Waals surface area contributed by atoms with Crippen LogP contribution in [0.25, 0.3) is 11.0 Å². The standard InChI is InChI=1S/C20H21N3O2/c1-3-19(25)21-14(2)20-22-16-11-7-8-12-17(16)23(20)13-18(24)15-9-5-4-6-10-15/h4-12,14H,3,13H2,1-2H3,(H,21,25). The van der Waals surface area contributed by atoms with Gasteiger partial charge in [-0.1, -0.05) is 49.4 Å². The summed E-state index contributed by atoms with van der Waals surface area (Å²) in [5.74, 6) is 0.659. The number of amides is 1. The van der Waals surface area contributed by atoms with E-state index in [-0.39, 0.29) is 24.3 Å². The monoisotopic (exact) mass is 335 g/mol. The van der Waals surface area contributed by atoms with Crippen molar-refractivity contribution in [2.75, 3.05) is 0 Å². The van der Waals surface area contributed by atoms with E-state index >= 15 is 0 Å². The summed E-state index contributed by atoms with van der Waals surface area (Å²) in [5, 5.41) is 2.93. The molecule has 1 unspecified atom stereocenters. The summed E-state index contributed by atoms with van der Waals surface area (Å²) >= 11 is 0. The zero-order valence-electron chi connectivity index (χ0n) is 14.4. The Morgan fingerprint density at radius 1 is 1.08 bits per heavy atom. The zero-order valence-corrected chi connectivity index (χ0v) is 14.4. The molecule has 3 aromatic rings. The third-order valence-electron chi connectivity index (χ3n) is 4.17. The summed E-state index contributed by atoms with van der Waals surface area (Å²) in [5.41, 5.74) is 2.37. The third-order valence-corrected chi connectivity index (χ3v) is 4.17. The lowest BCUT2D eigenvalue weighted by molar-refractivity contribution is -0.121. The minimum Gasteiger partial charge on any atom is -0.346 e. The summed E-state index contributed by atoms with van der Waals surface area (Å²) in [6.45, 7) is 3.88. The fraction of sp³-hybridized carbons (Fsp3) is 0.250. The molecular weight excluding hydrogens is 314 g/mol. The Hall–Kier alpha value is -2.95. The minimum absolute atomic E-state index is 0.0130. The molecule has 3 rings (SSSR count). The molecule has 1 aromatic heterocycles. The second kappa shape index (κ2) is 7.30. The van der Waals surface area contributed by atoms with Crippen molar-refractivity contribution in [2.24, 2.45) is 0 Å². The highest BCUT2D eigenvalue weighted by atomic mass is 16.1. The van der Waals surface area contributed by atoms with Gasteiger partial charge in [0.15, 0.2) is 5.78 Å². The SMILES string of the molecule is CCC(=O)NC(C)c1nc2ccccc2n1CC(=O)c1ccccc1. The summed E-state index contributed by atoms with van der Waals surface area (Å²) in [6, 6.07) is 16.6. The number of Topliss-reactive ketones (excluding diaryl/α,β-unsaturated/α-hetero) is 1. The van der Waals surface area contributed by atoms with Crippen molar-refractivity contribution in [2.45, 2.75) is 32.9 Å². The van der Waals surface area contributed by atoms with Gasteiger partial charge in [-0.15, -0.1) is 0 Å². The molecule has 0 bridgehead atoms. The van der Waals surface area contributed by atoms with E-state index in [2.05, 4.69) is 10.3 Å². The van der Waals surface area contributed by atoms with Crippen LogP contribution in [-0.2, 0) is 11.3 Å². The van der Waals surface area contributed by atoms with E-state index < -0.39 is 0 Å². The van der Waals surface area contributed by atoms with Crippen LogP contribution in [0.4, 0.5) is 0 Å². The van der Waals surface area contributed by atoms with Crippen molar-refractivity contribution in [3.63, 3.8) is 0 Å². The summed E-state index contributed by atoms with van der Waals surface area (Å²) in [7, 11) is 0. The fourth-order valence-electron chi connectivity index (χ4n) is 2.86. The molecule has 0 radical (unpaired) electrons. The number of imidazole rings is 1. The normalized spacial score (nSPS) is 12.1. The molecule has 0 spiro atoms. The fourth-order valence-corrected chi connectivity index (χ4v) is 2.86. The van der Waals surface area contributed by atoms with E-state index in [0.717, 1.165) is 11.0 Å². The van der Waals surface area contributed by atoms with Crippen LogP contribution in [-0.4, -0.2) is 21.2 Å². The molecule has 0 aliphatic heterocycles. The first-order valence-electron chi connectivity index (χ1n) is 8.43. The maximum absolute atomic E-state index is 12.7. The van der Waals surface area contributed by atoms with Gasteiger partial charge in [-0.3, -0.25) is 9.59 Å². The molecule has 1 N–H and O–H groups in total. The van der Waals surface area contributed by atoms with Crippen molar-refractivity contribution in [3.05, 3.63) is 66.0 Å². The van der Waals surface area contributed by atoms with Crippen molar-refractivity contribution >= 4 is 22.7 Å². The number of hydrogen-bond acceptors (Lipinski definition) is 3. The Kier molecular flexibility index (Phi) is 4.93. The predicted octanol–water partition coefficient (Wildman–Crippen LogP) is 3.51. The van der Waals surface area contributed by atoms with Crippen LogP contribution in [0.5, 0.6) is 0 Å². The molecule has 0 fully saturated rings. The molecule has 0 saturated heterocycles. The number of benzene rings is 2. The summed E-state index contributed by atoms with van der Waals surface area (Å²) < 4.78 is 1.89. The smallest absolute Gasteiger partial charge is 0.220 e. The van der Waals surface area contributed by atoms with Crippen LogP contribution < -0.4 is 5.32 Å². The van der Waals surface area contributed by atoms with E-state index in [4.69, 9.17) is 0 Å². The average molecular weight is 335 g/mol. The number of rotatable bonds is 6. The summed E-state index contributed by atoms with van der Waals surface area (Å²) in [4.78, 5) is 29.1. The Morgan fingerprint density at radius 3 is 2.48 bits per heavy atom. The van der Waals surface area contributed by atoms with Gasteiger partial charge < -0.3 is 9.88 Å². The number of ketones is 1. The molecule has 0 saturated carbocycles. The number of carbonyl (C=O) groups excluding carboxylic acids is 2. The van der Waals surface area contributed by atoms with E-state index in [1.807, 2.05) is 73.0 Å². The Bertz CT molecular complexity index is 900. The quantitative estimate of drug-likeness (QED) is 0.701. The van der Waals surface area contributed by atoms with Gasteiger partial charge in [0.1, 0.15) is 5.82 Å². The molecule has 5 nitrogen and oxygen atoms in total. The molecule has 1 atom stereocenters. The highest BCUT2D eigenvalue weighted by Crippen LogP contribution is 2.21. The molecule has 0 aliphatic carbocycles. The third kappa shape index (κ3) is 3.60. The second-order valence-corrected chi connectivity index (χ2v) is 5.98. The van der Waals surface area contributed by atoms with E-state index in [1.54, 1.807) is 0 Å². The maximum atomic E-state index is 12.7. The van der Waals surface area contributed by atoms with Gasteiger partial charge in [-0.25, -0.2) is 4.98 Å². The molecule has 2 aromatic carbocycles. The van der Waals surface area contributed by atoms with Crippen molar-refractivity contribution in [1.29, 1.82) is 0 Å². The van der Waals surface area contributed by atoms with Gasteiger partial charge in [-0.05, 0) is 19.1 Å². The molecule has 1 heterocycles. The van der Waals surface area contributed by atoms with E-state index in [0.29, 0.717) is 17.8 Å². The Balaban J connectivity index is 1.98. The molecule has 25 heavy (non-hydrogen) atoms. The topological polar surface area (TPSA) is 64.0 Å². The van der Waals surface area contributed by atoms with Gasteiger partial charge in [-0.2, -0.15) is 0 Å². The highest BCUT2D eigenvalue weighted by Gasteiger charge is 2.20. The van der Waals surface area contributed by atoms with Gasteiger partial charge in [0.2, 0.25) is 5.91 Å². The largest absolute Gasteiger partial charge is 0.346 e. The molecule has 5 heteroatoms. The average Bonchev–Trinajstić information content (AvgIpc) is 3.01. The maximum Gasteiger partial charge on any atom is 0.220 e. The number of nitrogens with one attached hydrogen (secondary N) is 1. The number of nitrogens with zero attached hydrogens (tertiary/aromatic N) is 2. The van der Waals surface area contributed by atoms with Gasteiger partial charge in [0.25, 0.3) is 0 Å². The van der Waals surface area contributed by atoms with Crippen molar-refractivity contribution < 1.29 is 9.59 Å². The number of carbonyl (C=O) groups is 2. The van der Waals surface area contributed by atoms with Gasteiger partial charge in [0.05, 0.1) is 23.6 Å². The van der Waals surface area contributed by atoms with Crippen molar-refractivity contribution in [1.82, 2.24) is 14.9 Å². The zero-order chi connectivity index (χ0) is 17.8. The Labute approximate surface area is 146 Å². The first-order valence-corrected chi connectivity index (χ1v) is 8.43. The number of hydrogen-bond donors (Lipinski definition) is 1.